The van der Waals surface area contributed by atoms with E-state index < -0.39 is 10.0 Å². The molecule has 0 bridgehead atoms. The molecule has 0 atom stereocenters. The van der Waals surface area contributed by atoms with Crippen LogP contribution in [-0.4, -0.2) is 23.3 Å². The van der Waals surface area contributed by atoms with E-state index in [0.717, 1.165) is 11.3 Å². The van der Waals surface area contributed by atoms with Crippen LogP contribution in [0, 0.1) is 13.8 Å². The standard InChI is InChI=1S/C24H23N3O4S/c1-16-12-17(2)26-24(29)21(16)14-25-23(28)13-18-15-27(22-11-7-6-10-20(18)22)32(30,31)19-8-4-3-5-9-19/h3-12,15H,13-14H2,1-2H3,(H,25,28)(H,26,29). The number of nitrogens with zero attached hydrogens (tertiary/aromatic N) is 1. The van der Waals surface area contributed by atoms with Gasteiger partial charge in [-0.1, -0.05) is 36.4 Å². The number of fused-ring (bicyclic) bond motifs is 1. The van der Waals surface area contributed by atoms with E-state index in [4.69, 9.17) is 0 Å². The molecule has 4 aromatic rings. The minimum Gasteiger partial charge on any atom is -0.352 e. The van der Waals surface area contributed by atoms with Crippen molar-refractivity contribution in [3.63, 3.8) is 0 Å². The number of carbonyl (C=O) groups excluding carboxylic acids is 1. The first-order valence-electron chi connectivity index (χ1n) is 10.1. The zero-order valence-electron chi connectivity index (χ0n) is 17.8. The van der Waals surface area contributed by atoms with Crippen molar-refractivity contribution in [1.82, 2.24) is 14.3 Å². The van der Waals surface area contributed by atoms with Gasteiger partial charge in [-0.25, -0.2) is 12.4 Å². The van der Waals surface area contributed by atoms with Gasteiger partial charge in [0, 0.05) is 29.4 Å². The zero-order valence-corrected chi connectivity index (χ0v) is 18.6. The van der Waals surface area contributed by atoms with E-state index in [0.29, 0.717) is 22.0 Å². The predicted molar refractivity (Wildman–Crippen MR) is 123 cm³/mol. The molecule has 0 unspecified atom stereocenters. The van der Waals surface area contributed by atoms with Crippen LogP contribution in [0.5, 0.6) is 0 Å². The van der Waals surface area contributed by atoms with Gasteiger partial charge in [-0.3, -0.25) is 9.59 Å². The number of nitrogens with one attached hydrogen (secondary N) is 2. The lowest BCUT2D eigenvalue weighted by atomic mass is 10.1. The number of aryl methyl sites for hydroxylation is 2. The van der Waals surface area contributed by atoms with Crippen molar-refractivity contribution in [2.24, 2.45) is 0 Å². The minimum atomic E-state index is -3.81. The third-order valence-electron chi connectivity index (χ3n) is 5.37. The first kappa shape index (κ1) is 21.6. The molecule has 7 nitrogen and oxygen atoms in total. The number of aromatic amines is 1. The lowest BCUT2D eigenvalue weighted by molar-refractivity contribution is -0.120. The highest BCUT2D eigenvalue weighted by atomic mass is 32.2. The third-order valence-corrected chi connectivity index (χ3v) is 7.06. The monoisotopic (exact) mass is 449 g/mol. The van der Waals surface area contributed by atoms with Crippen molar-refractivity contribution < 1.29 is 13.2 Å². The van der Waals surface area contributed by atoms with E-state index in [2.05, 4.69) is 10.3 Å². The molecule has 0 saturated carbocycles. The Balaban J connectivity index is 1.62. The van der Waals surface area contributed by atoms with Crippen LogP contribution in [-0.2, 0) is 27.8 Å². The Morgan fingerprint density at radius 2 is 1.72 bits per heavy atom. The molecular formula is C24H23N3O4S. The van der Waals surface area contributed by atoms with Crippen LogP contribution in [0.4, 0.5) is 0 Å². The van der Waals surface area contributed by atoms with Gasteiger partial charge in [0.05, 0.1) is 16.8 Å². The summed E-state index contributed by atoms with van der Waals surface area (Å²) in [6.07, 6.45) is 1.48. The number of para-hydroxylation sites is 1. The Morgan fingerprint density at radius 1 is 1.03 bits per heavy atom. The number of amides is 1. The molecule has 0 aliphatic rings. The Bertz CT molecular complexity index is 1470. The maximum absolute atomic E-state index is 13.2. The van der Waals surface area contributed by atoms with E-state index in [-0.39, 0.29) is 29.3 Å². The predicted octanol–water partition coefficient (Wildman–Crippen LogP) is 3.04. The van der Waals surface area contributed by atoms with E-state index >= 15 is 0 Å². The Hall–Kier alpha value is -3.65. The van der Waals surface area contributed by atoms with Gasteiger partial charge < -0.3 is 10.3 Å². The second-order valence-corrected chi connectivity index (χ2v) is 9.50. The maximum atomic E-state index is 13.2. The molecule has 0 aliphatic carbocycles. The number of hydrogen-bond donors (Lipinski definition) is 2. The third kappa shape index (κ3) is 4.09. The van der Waals surface area contributed by atoms with E-state index in [1.807, 2.05) is 13.0 Å². The van der Waals surface area contributed by atoms with Crippen molar-refractivity contribution >= 4 is 26.8 Å². The summed E-state index contributed by atoms with van der Waals surface area (Å²) in [5.74, 6) is -0.301. The van der Waals surface area contributed by atoms with Crippen LogP contribution >= 0.6 is 0 Å². The number of H-pyrrole nitrogens is 1. The molecular weight excluding hydrogens is 426 g/mol. The van der Waals surface area contributed by atoms with E-state index in [1.165, 1.54) is 22.3 Å². The quantitative estimate of drug-likeness (QED) is 0.472. The second kappa shape index (κ2) is 8.47. The van der Waals surface area contributed by atoms with Crippen molar-refractivity contribution in [2.45, 2.75) is 31.7 Å². The fourth-order valence-corrected chi connectivity index (χ4v) is 5.20. The second-order valence-electron chi connectivity index (χ2n) is 7.68. The lowest BCUT2D eigenvalue weighted by Crippen LogP contribution is -2.29. The molecule has 8 heteroatoms. The normalized spacial score (nSPS) is 11.6. The van der Waals surface area contributed by atoms with E-state index in [9.17, 15) is 18.0 Å². The summed E-state index contributed by atoms with van der Waals surface area (Å²) >= 11 is 0. The van der Waals surface area contributed by atoms with Crippen molar-refractivity contribution in [3.8, 4) is 0 Å². The Labute approximate surface area is 185 Å². The zero-order chi connectivity index (χ0) is 22.9. The summed E-state index contributed by atoms with van der Waals surface area (Å²) in [5.41, 5.74) is 2.93. The van der Waals surface area contributed by atoms with Gasteiger partial charge in [0.25, 0.3) is 15.6 Å². The van der Waals surface area contributed by atoms with Crippen LogP contribution in [0.25, 0.3) is 10.9 Å². The van der Waals surface area contributed by atoms with Gasteiger partial charge in [0.1, 0.15) is 0 Å². The average Bonchev–Trinajstić information content (AvgIpc) is 3.13. The highest BCUT2D eigenvalue weighted by Gasteiger charge is 2.21. The van der Waals surface area contributed by atoms with Gasteiger partial charge in [0.2, 0.25) is 5.91 Å². The van der Waals surface area contributed by atoms with Crippen LogP contribution < -0.4 is 10.9 Å². The summed E-state index contributed by atoms with van der Waals surface area (Å²) in [6, 6.07) is 17.1. The first-order chi connectivity index (χ1) is 15.3. The fraction of sp³-hybridized carbons (Fsp3) is 0.167. The molecule has 32 heavy (non-hydrogen) atoms. The average molecular weight is 450 g/mol. The van der Waals surface area contributed by atoms with Gasteiger partial charge >= 0.3 is 0 Å². The molecule has 0 spiro atoms. The summed E-state index contributed by atoms with van der Waals surface area (Å²) in [4.78, 5) is 27.8. The molecule has 164 valence electrons. The number of aromatic nitrogens is 2. The van der Waals surface area contributed by atoms with Gasteiger partial charge in [-0.05, 0) is 49.2 Å². The number of pyridine rings is 1. The minimum absolute atomic E-state index is 0.0133. The van der Waals surface area contributed by atoms with Gasteiger partial charge in [0.15, 0.2) is 0 Å². The summed E-state index contributed by atoms with van der Waals surface area (Å²) in [6.45, 7) is 3.73. The molecule has 0 saturated heterocycles. The summed E-state index contributed by atoms with van der Waals surface area (Å²) in [7, 11) is -3.81. The molecule has 4 rings (SSSR count). The first-order valence-corrected chi connectivity index (χ1v) is 11.6. The maximum Gasteiger partial charge on any atom is 0.268 e. The highest BCUT2D eigenvalue weighted by Crippen LogP contribution is 2.26. The molecule has 0 radical (unpaired) electrons. The molecule has 2 N–H and O–H groups in total. The van der Waals surface area contributed by atoms with Crippen molar-refractivity contribution in [2.75, 3.05) is 0 Å². The van der Waals surface area contributed by atoms with Crippen molar-refractivity contribution in [1.29, 1.82) is 0 Å². The summed E-state index contributed by atoms with van der Waals surface area (Å²) < 4.78 is 27.6. The van der Waals surface area contributed by atoms with Gasteiger partial charge in [-0.15, -0.1) is 0 Å². The number of rotatable bonds is 6. The molecule has 2 aromatic carbocycles. The fourth-order valence-electron chi connectivity index (χ4n) is 3.79. The number of carbonyl (C=O) groups is 1. The van der Waals surface area contributed by atoms with Crippen LogP contribution in [0.3, 0.4) is 0 Å². The summed E-state index contributed by atoms with van der Waals surface area (Å²) in [5, 5.41) is 3.46. The smallest absolute Gasteiger partial charge is 0.268 e. The van der Waals surface area contributed by atoms with Crippen LogP contribution in [0.1, 0.15) is 22.4 Å². The Morgan fingerprint density at radius 3 is 2.44 bits per heavy atom. The molecule has 0 fully saturated rings. The lowest BCUT2D eigenvalue weighted by Gasteiger charge is -2.08. The van der Waals surface area contributed by atoms with Crippen LogP contribution in [0.15, 0.2) is 76.6 Å². The largest absolute Gasteiger partial charge is 0.352 e. The SMILES string of the molecule is Cc1cc(C)c(CNC(=O)Cc2cn(S(=O)(=O)c3ccccc3)c3ccccc23)c(=O)[nH]1. The highest BCUT2D eigenvalue weighted by molar-refractivity contribution is 7.90. The number of benzene rings is 2. The Kier molecular flexibility index (Phi) is 5.71. The topological polar surface area (TPSA) is 101 Å². The number of hydrogen-bond acceptors (Lipinski definition) is 4. The molecule has 1 amide bonds. The molecule has 0 aliphatic heterocycles. The van der Waals surface area contributed by atoms with Crippen molar-refractivity contribution in [3.05, 3.63) is 99.6 Å². The van der Waals surface area contributed by atoms with Gasteiger partial charge in [-0.2, -0.15) is 0 Å². The molecule has 2 aromatic heterocycles. The van der Waals surface area contributed by atoms with E-state index in [1.54, 1.807) is 49.4 Å². The molecule has 2 heterocycles. The van der Waals surface area contributed by atoms with Crippen LogP contribution in [0.2, 0.25) is 0 Å².